The lowest BCUT2D eigenvalue weighted by molar-refractivity contribution is -0.175. The highest BCUT2D eigenvalue weighted by Gasteiger charge is 2.40. The van der Waals surface area contributed by atoms with Gasteiger partial charge < -0.3 is 10.1 Å². The molecule has 0 bridgehead atoms. The van der Waals surface area contributed by atoms with Crippen molar-refractivity contribution in [2.75, 3.05) is 6.61 Å². The maximum Gasteiger partial charge on any atom is 0.471 e. The van der Waals surface area contributed by atoms with Gasteiger partial charge in [-0.15, -0.1) is 0 Å². The molecule has 1 aliphatic heterocycles. The summed E-state index contributed by atoms with van der Waals surface area (Å²) < 4.78 is 40.7. The normalized spacial score (nSPS) is 28.6. The lowest BCUT2D eigenvalue weighted by Gasteiger charge is -2.28. The van der Waals surface area contributed by atoms with Crippen molar-refractivity contribution in [3.63, 3.8) is 0 Å². The minimum atomic E-state index is -4.79. The second-order valence-electron chi connectivity index (χ2n) is 3.37. The average molecular weight is 211 g/mol. The van der Waals surface area contributed by atoms with Crippen LogP contribution in [0.25, 0.3) is 0 Å². The molecule has 2 atom stereocenters. The lowest BCUT2D eigenvalue weighted by Crippen LogP contribution is -2.46. The molecule has 0 aromatic carbocycles. The number of halogens is 3. The Labute approximate surface area is 79.6 Å². The van der Waals surface area contributed by atoms with Crippen molar-refractivity contribution in [1.82, 2.24) is 5.32 Å². The Bertz CT molecular complexity index is 217. The summed E-state index contributed by atoms with van der Waals surface area (Å²) in [5.41, 5.74) is 0. The summed E-state index contributed by atoms with van der Waals surface area (Å²) in [7, 11) is 0. The molecule has 1 heterocycles. The Morgan fingerprint density at radius 2 is 2.14 bits per heavy atom. The van der Waals surface area contributed by atoms with Crippen LogP contribution >= 0.6 is 0 Å². The average Bonchev–Trinajstić information content (AvgIpc) is 2.02. The second kappa shape index (κ2) is 4.16. The van der Waals surface area contributed by atoms with E-state index in [1.807, 2.05) is 5.32 Å². The predicted octanol–water partition coefficient (Wildman–Crippen LogP) is 1.23. The minimum Gasteiger partial charge on any atom is -0.378 e. The number of carbonyl (C=O) groups excluding carboxylic acids is 1. The topological polar surface area (TPSA) is 38.3 Å². The molecule has 1 saturated heterocycles. The van der Waals surface area contributed by atoms with E-state index in [2.05, 4.69) is 0 Å². The Morgan fingerprint density at radius 1 is 1.50 bits per heavy atom. The molecule has 2 unspecified atom stereocenters. The number of amides is 1. The molecule has 0 spiro atoms. The van der Waals surface area contributed by atoms with Crippen LogP contribution < -0.4 is 5.32 Å². The molecule has 1 fully saturated rings. The first kappa shape index (κ1) is 11.3. The van der Waals surface area contributed by atoms with Crippen molar-refractivity contribution in [3.8, 4) is 0 Å². The first-order valence-electron chi connectivity index (χ1n) is 4.39. The van der Waals surface area contributed by atoms with Gasteiger partial charge in [0.15, 0.2) is 0 Å². The highest BCUT2D eigenvalue weighted by molar-refractivity contribution is 5.81. The summed E-state index contributed by atoms with van der Waals surface area (Å²) >= 11 is 0. The van der Waals surface area contributed by atoms with E-state index in [-0.39, 0.29) is 6.10 Å². The van der Waals surface area contributed by atoms with E-state index in [0.717, 1.165) is 0 Å². The van der Waals surface area contributed by atoms with Gasteiger partial charge in [-0.25, -0.2) is 0 Å². The van der Waals surface area contributed by atoms with Crippen molar-refractivity contribution >= 4 is 5.91 Å². The third-order valence-electron chi connectivity index (χ3n) is 2.08. The summed E-state index contributed by atoms with van der Waals surface area (Å²) in [4.78, 5) is 10.6. The van der Waals surface area contributed by atoms with Gasteiger partial charge >= 0.3 is 12.1 Å². The molecule has 1 aliphatic rings. The molecule has 0 aromatic heterocycles. The summed E-state index contributed by atoms with van der Waals surface area (Å²) in [6, 6.07) is -0.423. The van der Waals surface area contributed by atoms with Gasteiger partial charge in [-0.2, -0.15) is 13.2 Å². The zero-order chi connectivity index (χ0) is 10.8. The van der Waals surface area contributed by atoms with Crippen LogP contribution in [0.1, 0.15) is 19.8 Å². The first-order valence-corrected chi connectivity index (χ1v) is 4.39. The van der Waals surface area contributed by atoms with Crippen LogP contribution in [0, 0.1) is 0 Å². The number of alkyl halides is 3. The monoisotopic (exact) mass is 211 g/mol. The molecule has 0 aromatic rings. The predicted molar refractivity (Wildman–Crippen MR) is 42.6 cm³/mol. The van der Waals surface area contributed by atoms with Gasteiger partial charge in [-0.1, -0.05) is 0 Å². The summed E-state index contributed by atoms with van der Waals surface area (Å²) in [5.74, 6) is -1.86. The van der Waals surface area contributed by atoms with E-state index in [0.29, 0.717) is 19.4 Å². The maximum atomic E-state index is 11.9. The van der Waals surface area contributed by atoms with Crippen molar-refractivity contribution in [3.05, 3.63) is 0 Å². The molecule has 0 radical (unpaired) electrons. The molecule has 14 heavy (non-hydrogen) atoms. The lowest BCUT2D eigenvalue weighted by atomic mass is 10.0. The maximum absolute atomic E-state index is 11.9. The fraction of sp³-hybridized carbons (Fsp3) is 0.875. The van der Waals surface area contributed by atoms with Crippen LogP contribution in [0.3, 0.4) is 0 Å². The Balaban J connectivity index is 2.40. The molecular formula is C8H12F3NO2. The largest absolute Gasteiger partial charge is 0.471 e. The summed E-state index contributed by atoms with van der Waals surface area (Å²) in [6.07, 6.45) is -4.02. The molecule has 3 nitrogen and oxygen atoms in total. The molecule has 6 heteroatoms. The van der Waals surface area contributed by atoms with Crippen molar-refractivity contribution < 1.29 is 22.7 Å². The minimum absolute atomic E-state index is 0.0951. The van der Waals surface area contributed by atoms with Crippen molar-refractivity contribution in [1.29, 1.82) is 0 Å². The van der Waals surface area contributed by atoms with Crippen LogP contribution in [0.2, 0.25) is 0 Å². The van der Waals surface area contributed by atoms with Crippen LogP contribution in [0.15, 0.2) is 0 Å². The first-order chi connectivity index (χ1) is 6.39. The van der Waals surface area contributed by atoms with Crippen molar-refractivity contribution in [2.24, 2.45) is 0 Å². The van der Waals surface area contributed by atoms with Crippen LogP contribution in [-0.4, -0.2) is 30.8 Å². The quantitative estimate of drug-likeness (QED) is 0.708. The molecule has 0 aliphatic carbocycles. The number of nitrogens with one attached hydrogen (secondary N) is 1. The zero-order valence-corrected chi connectivity index (χ0v) is 7.73. The molecule has 82 valence electrons. The number of rotatable bonds is 1. The third kappa shape index (κ3) is 3.17. The highest BCUT2D eigenvalue weighted by atomic mass is 19.4. The van der Waals surface area contributed by atoms with E-state index in [1.165, 1.54) is 0 Å². The molecule has 0 saturated carbocycles. The second-order valence-corrected chi connectivity index (χ2v) is 3.37. The van der Waals surface area contributed by atoms with Gasteiger partial charge in [-0.3, -0.25) is 4.79 Å². The summed E-state index contributed by atoms with van der Waals surface area (Å²) in [6.45, 7) is 2.16. The van der Waals surface area contributed by atoms with E-state index in [1.54, 1.807) is 6.92 Å². The fourth-order valence-electron chi connectivity index (χ4n) is 1.40. The van der Waals surface area contributed by atoms with E-state index < -0.39 is 18.1 Å². The van der Waals surface area contributed by atoms with Gasteiger partial charge in [0.05, 0.1) is 6.10 Å². The zero-order valence-electron chi connectivity index (χ0n) is 7.73. The van der Waals surface area contributed by atoms with Gasteiger partial charge in [0, 0.05) is 12.6 Å². The van der Waals surface area contributed by atoms with E-state index in [4.69, 9.17) is 4.74 Å². The van der Waals surface area contributed by atoms with Crippen LogP contribution in [0.5, 0.6) is 0 Å². The number of hydrogen-bond donors (Lipinski definition) is 1. The Kier molecular flexibility index (Phi) is 3.36. The summed E-state index contributed by atoms with van der Waals surface area (Å²) in [5, 5.41) is 1.95. The van der Waals surface area contributed by atoms with E-state index in [9.17, 15) is 18.0 Å². The number of ether oxygens (including phenoxy) is 1. The van der Waals surface area contributed by atoms with E-state index >= 15 is 0 Å². The van der Waals surface area contributed by atoms with Crippen LogP contribution in [-0.2, 0) is 9.53 Å². The van der Waals surface area contributed by atoms with Gasteiger partial charge in [-0.05, 0) is 19.8 Å². The smallest absolute Gasteiger partial charge is 0.378 e. The highest BCUT2D eigenvalue weighted by Crippen LogP contribution is 2.18. The molecule has 1 rings (SSSR count). The molecular weight excluding hydrogens is 199 g/mol. The standard InChI is InChI=1S/C8H12F3NO2/c1-5-4-6(2-3-14-5)12-7(13)8(9,10)11/h5-6H,2-4H2,1H3,(H,12,13). The van der Waals surface area contributed by atoms with Gasteiger partial charge in [0.1, 0.15) is 0 Å². The number of hydrogen-bond acceptors (Lipinski definition) is 2. The third-order valence-corrected chi connectivity index (χ3v) is 2.08. The Morgan fingerprint density at radius 3 is 2.64 bits per heavy atom. The molecule has 1 N–H and O–H groups in total. The fourth-order valence-corrected chi connectivity index (χ4v) is 1.40. The van der Waals surface area contributed by atoms with Crippen molar-refractivity contribution in [2.45, 2.75) is 38.1 Å². The SMILES string of the molecule is CC1CC(NC(=O)C(F)(F)F)CCO1. The number of carbonyl (C=O) groups is 1. The molecule has 1 amide bonds. The van der Waals surface area contributed by atoms with Gasteiger partial charge in [0.25, 0.3) is 0 Å². The van der Waals surface area contributed by atoms with Crippen LogP contribution in [0.4, 0.5) is 13.2 Å². The van der Waals surface area contributed by atoms with Gasteiger partial charge in [0.2, 0.25) is 0 Å². The Hall–Kier alpha value is -0.780.